The lowest BCUT2D eigenvalue weighted by Crippen LogP contribution is -2.66. The molecule has 0 N–H and O–H groups in total. The van der Waals surface area contributed by atoms with E-state index in [2.05, 4.69) is 44.2 Å². The Kier molecular flexibility index (Phi) is 2.75. The smallest absolute Gasteiger partial charge is 0.214 e. The second kappa shape index (κ2) is 4.73. The molecule has 1 saturated carbocycles. The molecular formula is C25H24O2. The van der Waals surface area contributed by atoms with Crippen molar-refractivity contribution in [1.29, 1.82) is 0 Å². The first-order valence-electron chi connectivity index (χ1n) is 10.1. The van der Waals surface area contributed by atoms with E-state index in [9.17, 15) is 4.79 Å². The summed E-state index contributed by atoms with van der Waals surface area (Å²) in [5.74, 6) is 1.49. The number of fused-ring (bicyclic) bond motifs is 7. The number of carbonyl (C=O) groups is 1. The Morgan fingerprint density at radius 2 is 1.78 bits per heavy atom. The molecule has 2 nitrogen and oxygen atoms in total. The molecule has 4 atom stereocenters. The van der Waals surface area contributed by atoms with Crippen molar-refractivity contribution in [3.63, 3.8) is 0 Å². The van der Waals surface area contributed by atoms with Gasteiger partial charge in [-0.2, -0.15) is 0 Å². The van der Waals surface area contributed by atoms with Crippen LogP contribution in [-0.2, 0) is 11.8 Å². The van der Waals surface area contributed by atoms with Gasteiger partial charge in [-0.1, -0.05) is 56.3 Å². The quantitative estimate of drug-likeness (QED) is 0.602. The molecule has 1 spiro atoms. The molecule has 3 aliphatic carbocycles. The number of ketones is 1. The minimum Gasteiger partial charge on any atom is -0.474 e. The lowest BCUT2D eigenvalue weighted by molar-refractivity contribution is -0.0568. The van der Waals surface area contributed by atoms with E-state index in [1.165, 1.54) is 23.1 Å². The van der Waals surface area contributed by atoms with Crippen molar-refractivity contribution < 1.29 is 9.53 Å². The van der Waals surface area contributed by atoms with Gasteiger partial charge in [0.05, 0.1) is 5.56 Å². The number of aryl methyl sites for hydroxylation is 1. The van der Waals surface area contributed by atoms with E-state index < -0.39 is 5.60 Å². The van der Waals surface area contributed by atoms with E-state index in [1.807, 2.05) is 24.3 Å². The summed E-state index contributed by atoms with van der Waals surface area (Å²) in [7, 11) is 0. The molecule has 2 aromatic carbocycles. The maximum Gasteiger partial charge on any atom is 0.214 e. The van der Waals surface area contributed by atoms with Crippen LogP contribution in [0.2, 0.25) is 0 Å². The van der Waals surface area contributed by atoms with Crippen LogP contribution in [0.1, 0.15) is 54.6 Å². The molecule has 0 bridgehead atoms. The van der Waals surface area contributed by atoms with Gasteiger partial charge < -0.3 is 4.74 Å². The van der Waals surface area contributed by atoms with Crippen LogP contribution in [0.3, 0.4) is 0 Å². The third-order valence-corrected chi connectivity index (χ3v) is 8.05. The summed E-state index contributed by atoms with van der Waals surface area (Å²) in [5.41, 5.74) is 4.51. The molecule has 6 rings (SSSR count). The minimum atomic E-state index is -0.725. The standard InChI is InChI=1S/C25H24O2/c1-23-14-13-21-24(2,20(23)12-11-16-7-3-5-9-18(16)23)15-25(21)22(26)17-8-4-6-10-19(17)27-25/h3-10,13,20H,11-12,14-15H2,1-2H3/t20-,23-,24-,25-/m1/s1. The number of hydrogen-bond acceptors (Lipinski definition) is 2. The van der Waals surface area contributed by atoms with Crippen LogP contribution >= 0.6 is 0 Å². The molecule has 4 aliphatic rings. The molecule has 0 radical (unpaired) electrons. The lowest BCUT2D eigenvalue weighted by atomic mass is 9.40. The molecule has 1 aliphatic heterocycles. The molecule has 0 saturated heterocycles. The Hall–Kier alpha value is -2.35. The highest BCUT2D eigenvalue weighted by Crippen LogP contribution is 2.69. The van der Waals surface area contributed by atoms with Crippen LogP contribution in [-0.4, -0.2) is 11.4 Å². The van der Waals surface area contributed by atoms with Crippen LogP contribution in [0.15, 0.2) is 60.2 Å². The Labute approximate surface area is 160 Å². The lowest BCUT2D eigenvalue weighted by Gasteiger charge is -2.64. The van der Waals surface area contributed by atoms with Crippen molar-refractivity contribution in [2.24, 2.45) is 11.3 Å². The number of para-hydroxylation sites is 1. The van der Waals surface area contributed by atoms with Gasteiger partial charge in [0, 0.05) is 11.8 Å². The molecule has 27 heavy (non-hydrogen) atoms. The average molecular weight is 356 g/mol. The summed E-state index contributed by atoms with van der Waals surface area (Å²) in [6.45, 7) is 4.81. The Balaban J connectivity index is 1.46. The van der Waals surface area contributed by atoms with Crippen molar-refractivity contribution in [1.82, 2.24) is 0 Å². The van der Waals surface area contributed by atoms with E-state index in [0.717, 1.165) is 30.6 Å². The summed E-state index contributed by atoms with van der Waals surface area (Å²) in [6, 6.07) is 16.7. The van der Waals surface area contributed by atoms with Gasteiger partial charge in [-0.3, -0.25) is 4.79 Å². The molecule has 1 heterocycles. The predicted molar refractivity (Wildman–Crippen MR) is 105 cm³/mol. The zero-order valence-corrected chi connectivity index (χ0v) is 15.9. The van der Waals surface area contributed by atoms with E-state index in [4.69, 9.17) is 4.74 Å². The Morgan fingerprint density at radius 3 is 2.63 bits per heavy atom. The van der Waals surface area contributed by atoms with Gasteiger partial charge in [0.2, 0.25) is 5.78 Å². The first kappa shape index (κ1) is 15.7. The van der Waals surface area contributed by atoms with Crippen LogP contribution in [0.5, 0.6) is 5.75 Å². The second-order valence-corrected chi connectivity index (χ2v) is 9.34. The molecule has 0 amide bonds. The number of ether oxygens (including phenoxy) is 1. The average Bonchev–Trinajstić information content (AvgIpc) is 2.95. The van der Waals surface area contributed by atoms with Gasteiger partial charge in [0.15, 0.2) is 5.60 Å². The fourth-order valence-corrected chi connectivity index (χ4v) is 6.95. The van der Waals surface area contributed by atoms with Crippen molar-refractivity contribution >= 4 is 5.78 Å². The fourth-order valence-electron chi connectivity index (χ4n) is 6.95. The topological polar surface area (TPSA) is 26.3 Å². The molecule has 0 aromatic heterocycles. The molecule has 1 fully saturated rings. The van der Waals surface area contributed by atoms with Gasteiger partial charge in [0.25, 0.3) is 0 Å². The van der Waals surface area contributed by atoms with Crippen molar-refractivity contribution in [3.05, 3.63) is 76.9 Å². The van der Waals surface area contributed by atoms with Crippen LogP contribution < -0.4 is 4.74 Å². The largest absolute Gasteiger partial charge is 0.474 e. The molecule has 0 unspecified atom stereocenters. The van der Waals surface area contributed by atoms with E-state index in [-0.39, 0.29) is 16.6 Å². The van der Waals surface area contributed by atoms with Gasteiger partial charge in [-0.05, 0) is 59.4 Å². The molecule has 2 aromatic rings. The van der Waals surface area contributed by atoms with E-state index in [1.54, 1.807) is 0 Å². The Bertz CT molecular complexity index is 1030. The second-order valence-electron chi connectivity index (χ2n) is 9.34. The predicted octanol–water partition coefficient (Wildman–Crippen LogP) is 5.26. The number of carbonyl (C=O) groups excluding carboxylic acids is 1. The summed E-state index contributed by atoms with van der Waals surface area (Å²) >= 11 is 0. The van der Waals surface area contributed by atoms with Crippen LogP contribution in [0.4, 0.5) is 0 Å². The SMILES string of the molecule is C[C@]12C[C@@]3(Oc4ccccc4C3=O)C1=CC[C@]1(C)c3ccccc3CC[C@@H]21. The third-order valence-electron chi connectivity index (χ3n) is 8.05. The summed E-state index contributed by atoms with van der Waals surface area (Å²) in [5, 5.41) is 0. The zero-order valence-electron chi connectivity index (χ0n) is 15.9. The van der Waals surface area contributed by atoms with E-state index >= 15 is 0 Å². The van der Waals surface area contributed by atoms with Gasteiger partial charge >= 0.3 is 0 Å². The monoisotopic (exact) mass is 356 g/mol. The highest BCUT2D eigenvalue weighted by atomic mass is 16.5. The summed E-state index contributed by atoms with van der Waals surface area (Å²) in [4.78, 5) is 13.3. The fraction of sp³-hybridized carbons (Fsp3) is 0.400. The number of hydrogen-bond donors (Lipinski definition) is 0. The van der Waals surface area contributed by atoms with Gasteiger partial charge in [-0.15, -0.1) is 0 Å². The van der Waals surface area contributed by atoms with Crippen molar-refractivity contribution in [3.8, 4) is 5.75 Å². The third kappa shape index (κ3) is 1.66. The Morgan fingerprint density at radius 1 is 1.00 bits per heavy atom. The maximum atomic E-state index is 13.3. The highest BCUT2D eigenvalue weighted by molar-refractivity contribution is 6.11. The minimum absolute atomic E-state index is 0.0538. The van der Waals surface area contributed by atoms with Gasteiger partial charge in [-0.25, -0.2) is 0 Å². The number of Topliss-reactive ketones (excluding diaryl/α,β-unsaturated/α-hetero) is 1. The molecule has 136 valence electrons. The van der Waals surface area contributed by atoms with E-state index in [0.29, 0.717) is 5.92 Å². The first-order chi connectivity index (χ1) is 13.0. The highest BCUT2D eigenvalue weighted by Gasteiger charge is 2.71. The number of allylic oxidation sites excluding steroid dienone is 1. The number of rotatable bonds is 0. The maximum absolute atomic E-state index is 13.3. The van der Waals surface area contributed by atoms with Crippen LogP contribution in [0, 0.1) is 11.3 Å². The van der Waals surface area contributed by atoms with Crippen molar-refractivity contribution in [2.75, 3.05) is 0 Å². The summed E-state index contributed by atoms with van der Waals surface area (Å²) < 4.78 is 6.34. The van der Waals surface area contributed by atoms with Crippen molar-refractivity contribution in [2.45, 2.75) is 50.5 Å². The van der Waals surface area contributed by atoms with Gasteiger partial charge in [0.1, 0.15) is 5.75 Å². The molecular weight excluding hydrogens is 332 g/mol. The van der Waals surface area contributed by atoms with Crippen LogP contribution in [0.25, 0.3) is 0 Å². The molecule has 2 heteroatoms. The summed E-state index contributed by atoms with van der Waals surface area (Å²) in [6.07, 6.45) is 6.49. The first-order valence-corrected chi connectivity index (χ1v) is 10.1. The zero-order chi connectivity index (χ0) is 18.4. The number of benzene rings is 2. The normalized spacial score (nSPS) is 38.1.